The molecule has 2 atom stereocenters. The summed E-state index contributed by atoms with van der Waals surface area (Å²) in [5.74, 6) is -1.87. The van der Waals surface area contributed by atoms with Crippen molar-refractivity contribution < 1.29 is 28.3 Å². The minimum absolute atomic E-state index is 0.0103. The number of nitriles is 1. The van der Waals surface area contributed by atoms with Crippen LogP contribution in [0.25, 0.3) is 5.88 Å². The first-order valence-electron chi connectivity index (χ1n) is 9.05. The highest BCUT2D eigenvalue weighted by Crippen LogP contribution is 2.26. The molecule has 29 heavy (non-hydrogen) atoms. The van der Waals surface area contributed by atoms with Crippen molar-refractivity contribution in [3.05, 3.63) is 41.4 Å². The monoisotopic (exact) mass is 401 g/mol. The number of rotatable bonds is 8. The fourth-order valence-electron chi connectivity index (χ4n) is 2.75. The van der Waals surface area contributed by atoms with E-state index in [-0.39, 0.29) is 28.7 Å². The number of amides is 1. The Morgan fingerprint density at radius 2 is 1.97 bits per heavy atom. The highest BCUT2D eigenvalue weighted by atomic mass is 16.5. The first kappa shape index (κ1) is 21.8. The van der Waals surface area contributed by atoms with Gasteiger partial charge in [-0.25, -0.2) is 9.59 Å². The summed E-state index contributed by atoms with van der Waals surface area (Å²) in [6.07, 6.45) is 3.98. The van der Waals surface area contributed by atoms with Crippen LogP contribution >= 0.6 is 0 Å². The molecule has 1 N–H and O–H groups in total. The quantitative estimate of drug-likeness (QED) is 0.672. The number of carbonyl (C=O) groups is 3. The number of esters is 2. The molecule has 0 radical (unpaired) electrons. The van der Waals surface area contributed by atoms with Gasteiger partial charge in [-0.3, -0.25) is 9.36 Å². The summed E-state index contributed by atoms with van der Waals surface area (Å²) < 4.78 is 16.9. The van der Waals surface area contributed by atoms with Crippen molar-refractivity contribution in [3.8, 4) is 12.0 Å². The second-order valence-electron chi connectivity index (χ2n) is 6.45. The van der Waals surface area contributed by atoms with Gasteiger partial charge in [-0.05, 0) is 25.0 Å². The molecule has 154 valence electrons. The van der Waals surface area contributed by atoms with E-state index in [1.165, 1.54) is 14.0 Å². The Morgan fingerprint density at radius 3 is 2.52 bits per heavy atom. The molecule has 0 bridgehead atoms. The molecular weight excluding hydrogens is 378 g/mol. The van der Waals surface area contributed by atoms with Crippen molar-refractivity contribution in [2.75, 3.05) is 13.7 Å². The van der Waals surface area contributed by atoms with Crippen LogP contribution in [0.15, 0.2) is 28.9 Å². The molecule has 9 nitrogen and oxygen atoms in total. The van der Waals surface area contributed by atoms with Gasteiger partial charge in [0.2, 0.25) is 5.88 Å². The number of ether oxygens (including phenoxy) is 2. The van der Waals surface area contributed by atoms with E-state index in [1.807, 2.05) is 13.0 Å². The predicted octanol–water partition coefficient (Wildman–Crippen LogP) is 2.11. The molecule has 0 spiro atoms. The SMILES string of the molecule is CC[C@@H](C)[C@@H](NC(=O)COC(=O)c1c(C)oc(-n2cccc2)c1C#N)C(=O)OC. The molecule has 2 rings (SSSR count). The van der Waals surface area contributed by atoms with Crippen molar-refractivity contribution in [1.82, 2.24) is 9.88 Å². The second-order valence-corrected chi connectivity index (χ2v) is 6.45. The van der Waals surface area contributed by atoms with Gasteiger partial charge in [-0.2, -0.15) is 5.26 Å². The van der Waals surface area contributed by atoms with E-state index in [0.29, 0.717) is 6.42 Å². The number of hydrogen-bond acceptors (Lipinski definition) is 7. The number of carbonyl (C=O) groups excluding carboxylic acids is 3. The maximum Gasteiger partial charge on any atom is 0.343 e. The Kier molecular flexibility index (Phi) is 7.20. The highest BCUT2D eigenvalue weighted by molar-refractivity contribution is 5.96. The molecule has 1 amide bonds. The van der Waals surface area contributed by atoms with Crippen molar-refractivity contribution in [3.63, 3.8) is 0 Å². The van der Waals surface area contributed by atoms with Gasteiger partial charge >= 0.3 is 11.9 Å². The summed E-state index contributed by atoms with van der Waals surface area (Å²) in [5, 5.41) is 12.0. The van der Waals surface area contributed by atoms with Crippen molar-refractivity contribution in [2.45, 2.75) is 33.2 Å². The molecule has 0 saturated carbocycles. The summed E-state index contributed by atoms with van der Waals surface area (Å²) in [6.45, 7) is 4.59. The standard InChI is InChI=1S/C20H23N3O6/c1-5-12(2)17(20(26)27-4)22-15(24)11-28-19(25)16-13(3)29-18(14(16)10-21)23-8-6-7-9-23/h6-9,12,17H,5,11H2,1-4H3,(H,22,24)/t12-,17-/m1/s1. The van der Waals surface area contributed by atoms with Crippen LogP contribution in [0.4, 0.5) is 0 Å². The van der Waals surface area contributed by atoms with Crippen LogP contribution in [0, 0.1) is 24.2 Å². The number of nitrogens with one attached hydrogen (secondary N) is 1. The second kappa shape index (κ2) is 9.59. The fourth-order valence-corrected chi connectivity index (χ4v) is 2.75. The normalized spacial score (nSPS) is 12.5. The van der Waals surface area contributed by atoms with Gasteiger partial charge in [0, 0.05) is 12.4 Å². The van der Waals surface area contributed by atoms with Crippen LogP contribution in [0.1, 0.15) is 41.9 Å². The minimum Gasteiger partial charge on any atom is -0.467 e. The van der Waals surface area contributed by atoms with Crippen molar-refractivity contribution in [1.29, 1.82) is 5.26 Å². The number of furan rings is 1. The molecule has 9 heteroatoms. The summed E-state index contributed by atoms with van der Waals surface area (Å²) in [6, 6.07) is 4.59. The third-order valence-corrected chi connectivity index (χ3v) is 4.54. The van der Waals surface area contributed by atoms with Gasteiger partial charge in [-0.15, -0.1) is 0 Å². The first-order valence-corrected chi connectivity index (χ1v) is 9.05. The molecule has 2 aromatic rings. The van der Waals surface area contributed by atoms with Gasteiger partial charge in [0.05, 0.1) is 7.11 Å². The Hall–Kier alpha value is -3.54. The number of aromatic nitrogens is 1. The van der Waals surface area contributed by atoms with E-state index < -0.39 is 30.5 Å². The Morgan fingerprint density at radius 1 is 1.31 bits per heavy atom. The highest BCUT2D eigenvalue weighted by Gasteiger charge is 2.29. The molecule has 2 heterocycles. The van der Waals surface area contributed by atoms with Crippen LogP contribution in [0.3, 0.4) is 0 Å². The average molecular weight is 401 g/mol. The van der Waals surface area contributed by atoms with E-state index in [2.05, 4.69) is 5.32 Å². The molecule has 0 aliphatic carbocycles. The average Bonchev–Trinajstić information content (AvgIpc) is 3.36. The lowest BCUT2D eigenvalue weighted by molar-refractivity contribution is -0.147. The Balaban J connectivity index is 2.10. The maximum absolute atomic E-state index is 12.5. The largest absolute Gasteiger partial charge is 0.467 e. The van der Waals surface area contributed by atoms with Gasteiger partial charge in [0.25, 0.3) is 5.91 Å². The lowest BCUT2D eigenvalue weighted by Crippen LogP contribution is -2.47. The Labute approximate surface area is 168 Å². The molecule has 0 saturated heterocycles. The summed E-state index contributed by atoms with van der Waals surface area (Å²) in [4.78, 5) is 36.5. The van der Waals surface area contributed by atoms with Crippen molar-refractivity contribution in [2.24, 2.45) is 5.92 Å². The molecule has 2 aromatic heterocycles. The van der Waals surface area contributed by atoms with Gasteiger partial charge < -0.3 is 19.2 Å². The third-order valence-electron chi connectivity index (χ3n) is 4.54. The van der Waals surface area contributed by atoms with Crippen LogP contribution in [0.5, 0.6) is 0 Å². The minimum atomic E-state index is -0.866. The van der Waals surface area contributed by atoms with Crippen LogP contribution in [0.2, 0.25) is 0 Å². The lowest BCUT2D eigenvalue weighted by atomic mass is 9.99. The molecular formula is C20H23N3O6. The van der Waals surface area contributed by atoms with E-state index in [0.717, 1.165) is 0 Å². The predicted molar refractivity (Wildman–Crippen MR) is 101 cm³/mol. The Bertz CT molecular complexity index is 923. The topological polar surface area (TPSA) is 124 Å². The fraction of sp³-hybridized carbons (Fsp3) is 0.400. The van der Waals surface area contributed by atoms with Crippen LogP contribution in [-0.2, 0) is 19.1 Å². The van der Waals surface area contributed by atoms with Gasteiger partial charge in [0.1, 0.15) is 29.0 Å². The zero-order chi connectivity index (χ0) is 21.6. The van der Waals surface area contributed by atoms with E-state index >= 15 is 0 Å². The summed E-state index contributed by atoms with van der Waals surface area (Å²) >= 11 is 0. The number of aryl methyl sites for hydroxylation is 1. The van der Waals surface area contributed by atoms with Gasteiger partial charge in [0.15, 0.2) is 6.61 Å². The maximum atomic E-state index is 12.5. The van der Waals surface area contributed by atoms with E-state index in [1.54, 1.807) is 36.0 Å². The molecule has 0 aliphatic rings. The van der Waals surface area contributed by atoms with E-state index in [4.69, 9.17) is 13.9 Å². The molecule has 0 aliphatic heterocycles. The zero-order valence-corrected chi connectivity index (χ0v) is 16.7. The zero-order valence-electron chi connectivity index (χ0n) is 16.7. The number of nitrogens with zero attached hydrogens (tertiary/aromatic N) is 2. The molecule has 0 unspecified atom stereocenters. The third kappa shape index (κ3) is 4.85. The molecule has 0 fully saturated rings. The summed E-state index contributed by atoms with van der Waals surface area (Å²) in [5.41, 5.74) is -0.0356. The smallest absolute Gasteiger partial charge is 0.343 e. The first-order chi connectivity index (χ1) is 13.8. The molecule has 0 aromatic carbocycles. The van der Waals surface area contributed by atoms with E-state index in [9.17, 15) is 19.6 Å². The van der Waals surface area contributed by atoms with Crippen LogP contribution in [-0.4, -0.2) is 42.2 Å². The van der Waals surface area contributed by atoms with Crippen molar-refractivity contribution >= 4 is 17.8 Å². The summed E-state index contributed by atoms with van der Waals surface area (Å²) in [7, 11) is 1.23. The number of hydrogen-bond donors (Lipinski definition) is 1. The lowest BCUT2D eigenvalue weighted by Gasteiger charge is -2.21. The van der Waals surface area contributed by atoms with Crippen LogP contribution < -0.4 is 5.32 Å². The number of methoxy groups -OCH3 is 1. The van der Waals surface area contributed by atoms with Gasteiger partial charge in [-0.1, -0.05) is 20.3 Å².